The summed E-state index contributed by atoms with van der Waals surface area (Å²) in [6, 6.07) is 0. The summed E-state index contributed by atoms with van der Waals surface area (Å²) in [6.07, 6.45) is -5.02. The van der Waals surface area contributed by atoms with E-state index in [4.69, 9.17) is 69.6 Å². The molecule has 0 aromatic heterocycles. The molecular formula is B16-. The van der Waals surface area contributed by atoms with Gasteiger partial charge in [-0.3, -0.25) is 0 Å². The summed E-state index contributed by atoms with van der Waals surface area (Å²) in [4.78, 5) is 0. The van der Waals surface area contributed by atoms with Crippen LogP contribution in [0.15, 0.2) is 0 Å². The number of rotatable bonds is 6. The largest absolute Gasteiger partial charge is 0.687 e. The lowest BCUT2D eigenvalue weighted by Gasteiger charge is -2.41. The Morgan fingerprint density at radius 1 is 0.562 bits per heavy atom. The summed E-state index contributed by atoms with van der Waals surface area (Å²) < 4.78 is 0. The highest BCUT2D eigenvalue weighted by atomic mass is 13.2. The van der Waals surface area contributed by atoms with Crippen molar-refractivity contribution in [2.45, 2.75) is 0 Å². The molecule has 0 spiro atoms. The fourth-order valence-electron chi connectivity index (χ4n) is 1.80. The van der Waals surface area contributed by atoms with Gasteiger partial charge in [0.05, 0.1) is 0 Å². The van der Waals surface area contributed by atoms with Crippen molar-refractivity contribution in [3.63, 3.8) is 0 Å². The maximum absolute atomic E-state index is 5.81. The molecule has 16 heteroatoms. The Labute approximate surface area is 114 Å². The molecule has 0 N–H and O–H groups in total. The molecule has 0 aromatic rings. The van der Waals surface area contributed by atoms with E-state index in [1.54, 1.807) is 0 Å². The molecule has 0 unspecified atom stereocenters. The SMILES string of the molecule is [B]B([B])B(B([B])[B])B(B([B])[B])B([B])B([B])[B-]. The summed E-state index contributed by atoms with van der Waals surface area (Å²) in [5, 5.41) is 0. The van der Waals surface area contributed by atoms with Gasteiger partial charge in [0.15, 0.2) is 0 Å². The minimum atomic E-state index is -0.807. The third-order valence-electron chi connectivity index (χ3n) is 2.67. The van der Waals surface area contributed by atoms with Gasteiger partial charge in [0, 0.05) is 0 Å². The first-order valence-electron chi connectivity index (χ1n) is 5.00. The monoisotopic (exact) mass is 176 g/mol. The average molecular weight is 173 g/mol. The standard InChI is InChI=1S/B16/c1-10(2)14(9)16(13(7)8)15(11(3)4)12(5)6/q-1. The Morgan fingerprint density at radius 3 is 1.06 bits per heavy atom. The second-order valence-electron chi connectivity index (χ2n) is 4.04. The summed E-state index contributed by atoms with van der Waals surface area (Å²) >= 11 is 0. The molecule has 16 heavy (non-hydrogen) atoms. The van der Waals surface area contributed by atoms with Gasteiger partial charge in [0.2, 0.25) is 0 Å². The average Bonchev–Trinajstić information content (AvgIpc) is 2.10. The van der Waals surface area contributed by atoms with Crippen molar-refractivity contribution >= 4 is 114 Å². The quantitative estimate of drug-likeness (QED) is 0.351. The van der Waals surface area contributed by atoms with Crippen molar-refractivity contribution < 1.29 is 0 Å². The molecule has 0 aliphatic heterocycles. The van der Waals surface area contributed by atoms with Crippen LogP contribution in [-0.4, -0.2) is 114 Å². The van der Waals surface area contributed by atoms with Gasteiger partial charge >= 0.3 is 0 Å². The van der Waals surface area contributed by atoms with Crippen molar-refractivity contribution in [1.82, 2.24) is 0 Å². The van der Waals surface area contributed by atoms with E-state index < -0.39 is 44.7 Å². The van der Waals surface area contributed by atoms with Crippen molar-refractivity contribution in [3.8, 4) is 0 Å². The van der Waals surface area contributed by atoms with Crippen LogP contribution in [0.4, 0.5) is 0 Å². The van der Waals surface area contributed by atoms with Gasteiger partial charge in [-0.15, -0.1) is 0 Å². The molecule has 0 rings (SSSR count). The zero-order chi connectivity index (χ0) is 13.0. The molecule has 0 aliphatic carbocycles. The van der Waals surface area contributed by atoms with Crippen molar-refractivity contribution in [3.05, 3.63) is 0 Å². The van der Waals surface area contributed by atoms with Gasteiger partial charge < -0.3 is 7.74 Å². The van der Waals surface area contributed by atoms with Gasteiger partial charge in [-0.2, -0.15) is 0 Å². The zero-order valence-corrected chi connectivity index (χ0v) is 9.24. The Bertz CT molecular complexity index is 168. The molecular weight excluding hydrogens is 173 g/mol. The summed E-state index contributed by atoms with van der Waals surface area (Å²) in [7, 11) is 50.4. The van der Waals surface area contributed by atoms with Crippen molar-refractivity contribution in [2.75, 3.05) is 0 Å². The Morgan fingerprint density at radius 2 is 0.875 bits per heavy atom. The molecule has 19 radical (unpaired) electrons. The summed E-state index contributed by atoms with van der Waals surface area (Å²) in [5.41, 5.74) is 0. The Kier molecular flexibility index (Phi) is 7.95. The fourth-order valence-corrected chi connectivity index (χ4v) is 1.80. The summed E-state index contributed by atoms with van der Waals surface area (Å²) in [6.45, 7) is 0. The van der Waals surface area contributed by atoms with Crippen LogP contribution in [0.5, 0.6) is 0 Å². The maximum atomic E-state index is 5.81. The molecule has 0 aromatic carbocycles. The molecule has 0 atom stereocenters. The molecule has 0 amide bonds. The van der Waals surface area contributed by atoms with Gasteiger partial charge in [-0.05, 0) is 100 Å². The van der Waals surface area contributed by atoms with Crippen LogP contribution in [0.25, 0.3) is 0 Å². The molecule has 0 nitrogen and oxygen atoms in total. The summed E-state index contributed by atoms with van der Waals surface area (Å²) in [5.74, 6) is 0. The topological polar surface area (TPSA) is 0 Å². The van der Waals surface area contributed by atoms with Gasteiger partial charge in [0.25, 0.3) is 0 Å². The maximum Gasteiger partial charge on any atom is -0.0000000127 e. The first-order chi connectivity index (χ1) is 7.20. The van der Waals surface area contributed by atoms with E-state index in [-0.39, 0.29) is 0 Å². The van der Waals surface area contributed by atoms with Crippen LogP contribution in [0.1, 0.15) is 0 Å². The van der Waals surface area contributed by atoms with Gasteiger partial charge in [-0.25, -0.2) is 6.39 Å². The highest BCUT2D eigenvalue weighted by Gasteiger charge is 2.36. The molecule has 49 valence electrons. The second kappa shape index (κ2) is 7.47. The zero-order valence-electron chi connectivity index (χ0n) is 9.24. The minimum absolute atomic E-state index is 0.556. The van der Waals surface area contributed by atoms with Crippen LogP contribution in [0.3, 0.4) is 0 Å². The van der Waals surface area contributed by atoms with Crippen molar-refractivity contribution in [1.29, 1.82) is 0 Å². The third kappa shape index (κ3) is 4.73. The normalized spacial score (nSPS) is 9.06. The predicted molar refractivity (Wildman–Crippen MR) is 92.1 cm³/mol. The number of hydrogen-bond donors (Lipinski definition) is 0. The lowest BCUT2D eigenvalue weighted by molar-refractivity contribution is 3.38. The molecule has 0 fully saturated rings. The van der Waals surface area contributed by atoms with E-state index >= 15 is 0 Å². The first-order valence-corrected chi connectivity index (χ1v) is 5.00. The van der Waals surface area contributed by atoms with Crippen LogP contribution >= 0.6 is 0 Å². The van der Waals surface area contributed by atoms with E-state index in [0.29, 0.717) is 0 Å². The van der Waals surface area contributed by atoms with Gasteiger partial charge in [0.1, 0.15) is 0 Å². The molecule has 0 aliphatic rings. The van der Waals surface area contributed by atoms with Crippen molar-refractivity contribution in [2.24, 2.45) is 0 Å². The second-order valence-corrected chi connectivity index (χ2v) is 4.04. The number of hydrogen-bond acceptors (Lipinski definition) is 0. The van der Waals surface area contributed by atoms with Crippen LogP contribution in [0.2, 0.25) is 0 Å². The smallest absolute Gasteiger partial charge is 0.0000000127 e. The lowest BCUT2D eigenvalue weighted by atomic mass is 8.44. The molecule has 0 bridgehead atoms. The van der Waals surface area contributed by atoms with E-state index in [9.17, 15) is 0 Å². The van der Waals surface area contributed by atoms with E-state index in [2.05, 4.69) is 0 Å². The Hall–Kier alpha value is 1.04. The fraction of sp³-hybridized carbons (Fsp3) is 0. The lowest BCUT2D eigenvalue weighted by Crippen LogP contribution is -2.75. The minimum Gasteiger partial charge on any atom is -0.687 e. The predicted octanol–water partition coefficient (Wildman–Crippen LogP) is -6.09. The van der Waals surface area contributed by atoms with Crippen LogP contribution in [0, 0.1) is 0 Å². The van der Waals surface area contributed by atoms with Gasteiger partial charge in [-0.1, -0.05) is 0 Å². The van der Waals surface area contributed by atoms with E-state index in [1.165, 1.54) is 0 Å². The van der Waals surface area contributed by atoms with E-state index in [0.717, 1.165) is 0 Å². The molecule has 0 saturated heterocycles. The third-order valence-corrected chi connectivity index (χ3v) is 2.67. The Balaban J connectivity index is 5.00. The highest BCUT2D eigenvalue weighted by molar-refractivity contribution is 8.13. The first kappa shape index (κ1) is 17.0. The van der Waals surface area contributed by atoms with Crippen LogP contribution in [-0.2, 0) is 0 Å². The molecule has 0 heterocycles. The molecule has 0 saturated carbocycles. The van der Waals surface area contributed by atoms with E-state index in [1.807, 2.05) is 0 Å². The van der Waals surface area contributed by atoms with Crippen LogP contribution < -0.4 is 0 Å². The highest BCUT2D eigenvalue weighted by Crippen LogP contribution is 2.00.